The molecule has 0 amide bonds. The maximum absolute atomic E-state index is 14.3. The summed E-state index contributed by atoms with van der Waals surface area (Å²) in [6, 6.07) is 6.83. The van der Waals surface area contributed by atoms with Crippen molar-refractivity contribution in [3.05, 3.63) is 36.3 Å². The summed E-state index contributed by atoms with van der Waals surface area (Å²) >= 11 is 0. The molecular formula is C16H19FN6. The van der Waals surface area contributed by atoms with Crippen LogP contribution in [0.1, 0.15) is 7.85 Å². The van der Waals surface area contributed by atoms with Gasteiger partial charge in [0.05, 0.1) is 5.69 Å². The molecule has 7 heteroatoms. The summed E-state index contributed by atoms with van der Waals surface area (Å²) in [5, 5.41) is 7.73. The van der Waals surface area contributed by atoms with E-state index >= 15 is 0 Å². The van der Waals surface area contributed by atoms with Gasteiger partial charge in [-0.2, -0.15) is 5.10 Å². The fraction of sp³-hybridized carbons (Fsp3) is 0.312. The lowest BCUT2D eigenvalue weighted by Gasteiger charge is -2.18. The molecule has 1 atom stereocenters. The third-order valence-corrected chi connectivity index (χ3v) is 4.34. The minimum Gasteiger partial charge on any atom is -0.356 e. The third kappa shape index (κ3) is 2.43. The first-order valence-electron chi connectivity index (χ1n) is 7.67. The van der Waals surface area contributed by atoms with E-state index in [-0.39, 0.29) is 12.9 Å². The van der Waals surface area contributed by atoms with Gasteiger partial charge >= 0.3 is 0 Å². The first kappa shape index (κ1) is 14.1. The van der Waals surface area contributed by atoms with Crippen molar-refractivity contribution in [3.63, 3.8) is 0 Å². The number of nitrogens with one attached hydrogen (secondary N) is 1. The Morgan fingerprint density at radius 1 is 1.39 bits per heavy atom. The lowest BCUT2D eigenvalue weighted by atomic mass is 10.1. The van der Waals surface area contributed by atoms with Gasteiger partial charge in [-0.15, -0.1) is 0 Å². The van der Waals surface area contributed by atoms with E-state index in [2.05, 4.69) is 25.1 Å². The van der Waals surface area contributed by atoms with Gasteiger partial charge in [-0.1, -0.05) is 0 Å². The van der Waals surface area contributed by atoms with Crippen LogP contribution in [0.15, 0.2) is 30.5 Å². The second-order valence-corrected chi connectivity index (χ2v) is 5.81. The van der Waals surface area contributed by atoms with E-state index in [9.17, 15) is 4.39 Å². The number of H-pyrrole nitrogens is 1. The van der Waals surface area contributed by atoms with Gasteiger partial charge < -0.3 is 10.6 Å². The number of rotatable bonds is 3. The van der Waals surface area contributed by atoms with Crippen molar-refractivity contribution in [1.82, 2.24) is 20.2 Å². The zero-order valence-electron chi connectivity index (χ0n) is 12.5. The van der Waals surface area contributed by atoms with E-state index in [0.29, 0.717) is 23.8 Å². The second-order valence-electron chi connectivity index (χ2n) is 5.81. The summed E-state index contributed by atoms with van der Waals surface area (Å²) in [7, 11) is 0. The number of anilines is 1. The van der Waals surface area contributed by atoms with E-state index in [1.165, 1.54) is 6.07 Å². The molecular weight excluding hydrogens is 295 g/mol. The minimum absolute atomic E-state index is 0. The summed E-state index contributed by atoms with van der Waals surface area (Å²) in [5.74, 6) is 0.865. The van der Waals surface area contributed by atoms with E-state index in [4.69, 9.17) is 5.73 Å². The maximum atomic E-state index is 14.3. The Bertz CT molecular complexity index is 851. The van der Waals surface area contributed by atoms with E-state index < -0.39 is 0 Å². The minimum atomic E-state index is -0.377. The summed E-state index contributed by atoms with van der Waals surface area (Å²) in [6.07, 6.45) is 2.70. The molecule has 1 fully saturated rings. The molecule has 0 aliphatic carbocycles. The zero-order chi connectivity index (χ0) is 15.8. The number of hydrogen-bond acceptors (Lipinski definition) is 5. The Morgan fingerprint density at radius 3 is 3.13 bits per heavy atom. The Balaban J connectivity index is 0.00000169. The third-order valence-electron chi connectivity index (χ3n) is 4.34. The fourth-order valence-corrected chi connectivity index (χ4v) is 3.05. The molecule has 4 heterocycles. The Morgan fingerprint density at radius 2 is 2.30 bits per heavy atom. The van der Waals surface area contributed by atoms with Gasteiger partial charge in [-0.25, -0.2) is 14.4 Å². The van der Waals surface area contributed by atoms with Crippen molar-refractivity contribution >= 4 is 16.9 Å². The summed E-state index contributed by atoms with van der Waals surface area (Å²) in [4.78, 5) is 10.8. The van der Waals surface area contributed by atoms with Crippen molar-refractivity contribution in [2.75, 3.05) is 24.5 Å². The molecule has 0 saturated carbocycles. The Labute approximate surface area is 134 Å². The molecule has 3 aromatic rings. The number of fused-ring (bicyclic) bond motifs is 1. The number of halogens is 1. The van der Waals surface area contributed by atoms with Gasteiger partial charge in [0.1, 0.15) is 11.5 Å². The van der Waals surface area contributed by atoms with Crippen LogP contribution < -0.4 is 10.6 Å². The highest BCUT2D eigenvalue weighted by Crippen LogP contribution is 2.29. The molecule has 120 valence electrons. The quantitative estimate of drug-likeness (QED) is 0.774. The molecule has 0 bridgehead atoms. The SMILES string of the molecule is NCC1CCN(c2ccc(F)c(-c3[nH]nc4ncccc34)n2)C1.[HH]. The van der Waals surface area contributed by atoms with Crippen LogP contribution in [0.4, 0.5) is 10.2 Å². The average Bonchev–Trinajstić information content (AvgIpc) is 3.22. The van der Waals surface area contributed by atoms with Crippen LogP contribution in [0.3, 0.4) is 0 Å². The fourth-order valence-electron chi connectivity index (χ4n) is 3.05. The van der Waals surface area contributed by atoms with Gasteiger partial charge in [-0.05, 0) is 43.1 Å². The number of hydrogen-bond donors (Lipinski definition) is 2. The molecule has 0 spiro atoms. The van der Waals surface area contributed by atoms with Gasteiger partial charge in [0.2, 0.25) is 0 Å². The van der Waals surface area contributed by atoms with Crippen molar-refractivity contribution in [2.24, 2.45) is 11.7 Å². The molecule has 4 rings (SSSR count). The topological polar surface area (TPSA) is 83.7 Å². The lowest BCUT2D eigenvalue weighted by molar-refractivity contribution is 0.601. The summed E-state index contributed by atoms with van der Waals surface area (Å²) < 4.78 is 14.3. The molecule has 1 unspecified atom stereocenters. The van der Waals surface area contributed by atoms with E-state index in [1.54, 1.807) is 18.3 Å². The van der Waals surface area contributed by atoms with Crippen LogP contribution in [0.5, 0.6) is 0 Å². The zero-order valence-corrected chi connectivity index (χ0v) is 12.5. The molecule has 0 radical (unpaired) electrons. The first-order chi connectivity index (χ1) is 11.3. The molecule has 3 aromatic heterocycles. The normalized spacial score (nSPS) is 18.0. The number of nitrogens with two attached hydrogens (primary N) is 1. The Hall–Kier alpha value is -2.54. The van der Waals surface area contributed by atoms with E-state index in [0.717, 1.165) is 30.7 Å². The van der Waals surface area contributed by atoms with Gasteiger partial charge in [0.15, 0.2) is 11.5 Å². The molecule has 0 aromatic carbocycles. The number of pyridine rings is 2. The molecule has 1 saturated heterocycles. The van der Waals surface area contributed by atoms with Crippen LogP contribution in [0.25, 0.3) is 22.4 Å². The van der Waals surface area contributed by atoms with Crippen LogP contribution in [0, 0.1) is 11.7 Å². The van der Waals surface area contributed by atoms with Crippen LogP contribution in [-0.4, -0.2) is 39.8 Å². The van der Waals surface area contributed by atoms with Gasteiger partial charge in [0, 0.05) is 26.1 Å². The van der Waals surface area contributed by atoms with E-state index in [1.807, 2.05) is 6.07 Å². The highest BCUT2D eigenvalue weighted by atomic mass is 19.1. The number of aromatic nitrogens is 4. The monoisotopic (exact) mass is 314 g/mol. The summed E-state index contributed by atoms with van der Waals surface area (Å²) in [5.41, 5.74) is 7.12. The number of aromatic amines is 1. The first-order valence-corrected chi connectivity index (χ1v) is 7.67. The second kappa shape index (κ2) is 5.58. The summed E-state index contributed by atoms with van der Waals surface area (Å²) in [6.45, 7) is 2.42. The molecule has 3 N–H and O–H groups in total. The van der Waals surface area contributed by atoms with Crippen LogP contribution >= 0.6 is 0 Å². The molecule has 1 aliphatic rings. The maximum Gasteiger partial charge on any atom is 0.181 e. The smallest absolute Gasteiger partial charge is 0.181 e. The van der Waals surface area contributed by atoms with Crippen molar-refractivity contribution in [2.45, 2.75) is 6.42 Å². The highest BCUT2D eigenvalue weighted by molar-refractivity contribution is 5.89. The van der Waals surface area contributed by atoms with Crippen molar-refractivity contribution in [1.29, 1.82) is 0 Å². The largest absolute Gasteiger partial charge is 0.356 e. The molecule has 6 nitrogen and oxygen atoms in total. The predicted molar refractivity (Wildman–Crippen MR) is 88.6 cm³/mol. The number of nitrogens with zero attached hydrogens (tertiary/aromatic N) is 4. The standard InChI is InChI=1S/C16H17FN6.H2/c17-12-3-4-13(23-7-5-10(8-18)9-23)20-15(12)14-11-2-1-6-19-16(11)22-21-14;/h1-4,6,10H,5,7-9,18H2,(H,19,21,22);1H. The van der Waals surface area contributed by atoms with Crippen molar-refractivity contribution in [3.8, 4) is 11.4 Å². The lowest BCUT2D eigenvalue weighted by Crippen LogP contribution is -2.23. The van der Waals surface area contributed by atoms with Gasteiger partial charge in [0.25, 0.3) is 0 Å². The predicted octanol–water partition coefficient (Wildman–Crippen LogP) is 2.19. The van der Waals surface area contributed by atoms with Gasteiger partial charge in [-0.3, -0.25) is 5.10 Å². The molecule has 23 heavy (non-hydrogen) atoms. The average molecular weight is 314 g/mol. The highest BCUT2D eigenvalue weighted by Gasteiger charge is 2.23. The van der Waals surface area contributed by atoms with Crippen molar-refractivity contribution < 1.29 is 5.82 Å². The molecule has 1 aliphatic heterocycles. The Kier molecular flexibility index (Phi) is 3.42. The van der Waals surface area contributed by atoms with Crippen LogP contribution in [-0.2, 0) is 0 Å². The van der Waals surface area contributed by atoms with Crippen LogP contribution in [0.2, 0.25) is 0 Å².